The Morgan fingerprint density at radius 2 is 2.11 bits per heavy atom. The molecule has 0 bridgehead atoms. The lowest BCUT2D eigenvalue weighted by atomic mass is 10.0. The predicted molar refractivity (Wildman–Crippen MR) is 71.2 cm³/mol. The van der Waals surface area contributed by atoms with Crippen LogP contribution in [0.5, 0.6) is 5.88 Å². The van der Waals surface area contributed by atoms with Gasteiger partial charge in [0, 0.05) is 17.3 Å². The molecular weight excluding hydrogens is 250 g/mol. The zero-order valence-corrected chi connectivity index (χ0v) is 10.9. The average molecular weight is 262 g/mol. The minimum absolute atomic E-state index is 0.0512. The van der Waals surface area contributed by atoms with Gasteiger partial charge in [-0.2, -0.15) is 0 Å². The predicted octanol–water partition coefficient (Wildman–Crippen LogP) is 3.61. The number of ketones is 1. The van der Waals surface area contributed by atoms with Crippen LogP contribution < -0.4 is 4.74 Å². The van der Waals surface area contributed by atoms with Crippen molar-refractivity contribution in [1.29, 1.82) is 0 Å². The van der Waals surface area contributed by atoms with Crippen molar-refractivity contribution < 1.29 is 9.53 Å². The number of pyridine rings is 1. The van der Waals surface area contributed by atoms with Crippen LogP contribution in [0.1, 0.15) is 17.3 Å². The summed E-state index contributed by atoms with van der Waals surface area (Å²) >= 11 is 6.09. The van der Waals surface area contributed by atoms with E-state index >= 15 is 0 Å². The van der Waals surface area contributed by atoms with E-state index in [0.29, 0.717) is 16.5 Å². The maximum Gasteiger partial charge on any atom is 0.221 e. The molecule has 0 aliphatic rings. The first-order chi connectivity index (χ1) is 8.63. The highest BCUT2D eigenvalue weighted by Crippen LogP contribution is 2.30. The van der Waals surface area contributed by atoms with E-state index in [2.05, 4.69) is 4.98 Å². The first-order valence-corrected chi connectivity index (χ1v) is 5.81. The summed E-state index contributed by atoms with van der Waals surface area (Å²) in [5.74, 6) is 0.480. The number of hydrogen-bond donors (Lipinski definition) is 0. The highest BCUT2D eigenvalue weighted by Gasteiger charge is 2.10. The van der Waals surface area contributed by atoms with Gasteiger partial charge < -0.3 is 4.74 Å². The van der Waals surface area contributed by atoms with Crippen LogP contribution in [-0.4, -0.2) is 17.9 Å². The summed E-state index contributed by atoms with van der Waals surface area (Å²) in [6, 6.07) is 9.02. The molecule has 0 amide bonds. The zero-order valence-electron chi connectivity index (χ0n) is 10.1. The lowest BCUT2D eigenvalue weighted by Crippen LogP contribution is -1.95. The number of Topliss-reactive ketones (excluding diaryl/α,β-unsaturated/α-hetero) is 1. The highest BCUT2D eigenvalue weighted by atomic mass is 35.5. The lowest BCUT2D eigenvalue weighted by molar-refractivity contribution is 0.101. The first kappa shape index (κ1) is 12.6. The molecule has 1 aromatic carbocycles. The van der Waals surface area contributed by atoms with Gasteiger partial charge in [-0.15, -0.1) is 0 Å². The summed E-state index contributed by atoms with van der Waals surface area (Å²) in [5.41, 5.74) is 2.23. The van der Waals surface area contributed by atoms with Gasteiger partial charge in [-0.1, -0.05) is 17.7 Å². The molecule has 2 rings (SSSR count). The van der Waals surface area contributed by atoms with Crippen LogP contribution in [0.2, 0.25) is 5.02 Å². The Morgan fingerprint density at radius 1 is 1.33 bits per heavy atom. The van der Waals surface area contributed by atoms with Crippen molar-refractivity contribution in [3.8, 4) is 17.0 Å². The second-order valence-corrected chi connectivity index (χ2v) is 4.22. The molecule has 0 unspecified atom stereocenters. The molecule has 0 saturated heterocycles. The molecule has 92 valence electrons. The van der Waals surface area contributed by atoms with Crippen molar-refractivity contribution >= 4 is 17.4 Å². The van der Waals surface area contributed by atoms with Crippen LogP contribution in [-0.2, 0) is 0 Å². The Labute approximate surface area is 110 Å². The topological polar surface area (TPSA) is 39.2 Å². The number of halogens is 1. The number of benzene rings is 1. The van der Waals surface area contributed by atoms with Gasteiger partial charge in [-0.05, 0) is 36.8 Å². The Morgan fingerprint density at radius 3 is 2.72 bits per heavy atom. The summed E-state index contributed by atoms with van der Waals surface area (Å²) in [6.07, 6.45) is 1.66. The maximum absolute atomic E-state index is 11.3. The Kier molecular flexibility index (Phi) is 3.63. The van der Waals surface area contributed by atoms with Crippen LogP contribution in [0.4, 0.5) is 0 Å². The molecule has 2 aromatic rings. The van der Waals surface area contributed by atoms with Crippen molar-refractivity contribution in [1.82, 2.24) is 4.98 Å². The van der Waals surface area contributed by atoms with E-state index < -0.39 is 0 Å². The summed E-state index contributed by atoms with van der Waals surface area (Å²) in [6.45, 7) is 1.49. The van der Waals surface area contributed by atoms with Crippen molar-refractivity contribution in [3.63, 3.8) is 0 Å². The number of ether oxygens (including phenoxy) is 1. The van der Waals surface area contributed by atoms with Gasteiger partial charge in [-0.25, -0.2) is 4.98 Å². The zero-order chi connectivity index (χ0) is 13.1. The second-order valence-electron chi connectivity index (χ2n) is 3.81. The fourth-order valence-corrected chi connectivity index (χ4v) is 2.05. The van der Waals surface area contributed by atoms with Crippen molar-refractivity contribution in [2.24, 2.45) is 0 Å². The van der Waals surface area contributed by atoms with Gasteiger partial charge in [0.25, 0.3) is 0 Å². The summed E-state index contributed by atoms with van der Waals surface area (Å²) in [4.78, 5) is 15.4. The van der Waals surface area contributed by atoms with E-state index in [1.54, 1.807) is 25.4 Å². The molecule has 18 heavy (non-hydrogen) atoms. The highest BCUT2D eigenvalue weighted by molar-refractivity contribution is 6.34. The summed E-state index contributed by atoms with van der Waals surface area (Å²) in [5, 5.41) is 0.436. The molecule has 3 nitrogen and oxygen atoms in total. The molecule has 0 N–H and O–H groups in total. The number of aromatic nitrogens is 1. The molecule has 0 radical (unpaired) electrons. The van der Waals surface area contributed by atoms with E-state index in [1.165, 1.54) is 6.92 Å². The molecule has 0 spiro atoms. The van der Waals surface area contributed by atoms with Crippen molar-refractivity contribution in [2.75, 3.05) is 7.11 Å². The number of hydrogen-bond acceptors (Lipinski definition) is 3. The van der Waals surface area contributed by atoms with Crippen LogP contribution in [0.15, 0.2) is 36.5 Å². The van der Waals surface area contributed by atoms with Crippen molar-refractivity contribution in [3.05, 3.63) is 47.1 Å². The van der Waals surface area contributed by atoms with Crippen LogP contribution in [0, 0.1) is 0 Å². The molecule has 0 fully saturated rings. The quantitative estimate of drug-likeness (QED) is 0.793. The van der Waals surface area contributed by atoms with E-state index in [4.69, 9.17) is 16.3 Å². The second kappa shape index (κ2) is 5.19. The number of carbonyl (C=O) groups is 1. The molecule has 1 heterocycles. The number of rotatable bonds is 3. The van der Waals surface area contributed by atoms with Gasteiger partial charge in [0.15, 0.2) is 5.78 Å². The van der Waals surface area contributed by atoms with Crippen LogP contribution in [0.25, 0.3) is 11.1 Å². The number of carbonyl (C=O) groups excluding carboxylic acids is 1. The lowest BCUT2D eigenvalue weighted by Gasteiger charge is -2.08. The monoisotopic (exact) mass is 261 g/mol. The molecule has 0 aliphatic carbocycles. The normalized spacial score (nSPS) is 10.2. The Bertz CT molecular complexity index is 596. The van der Waals surface area contributed by atoms with Gasteiger partial charge in [0.1, 0.15) is 0 Å². The van der Waals surface area contributed by atoms with E-state index in [-0.39, 0.29) is 5.78 Å². The third-order valence-electron chi connectivity index (χ3n) is 2.62. The number of nitrogens with zero attached hydrogens (tertiary/aromatic N) is 1. The molecule has 0 aliphatic heterocycles. The summed E-state index contributed by atoms with van der Waals surface area (Å²) in [7, 11) is 1.57. The minimum Gasteiger partial charge on any atom is -0.481 e. The summed E-state index contributed by atoms with van der Waals surface area (Å²) < 4.78 is 5.20. The third kappa shape index (κ3) is 2.36. The van der Waals surface area contributed by atoms with E-state index in [0.717, 1.165) is 11.1 Å². The molecule has 0 atom stereocenters. The smallest absolute Gasteiger partial charge is 0.221 e. The van der Waals surface area contributed by atoms with E-state index in [1.807, 2.05) is 18.2 Å². The molecule has 0 saturated carbocycles. The fourth-order valence-electron chi connectivity index (χ4n) is 1.74. The molecule has 4 heteroatoms. The van der Waals surface area contributed by atoms with Crippen LogP contribution in [0.3, 0.4) is 0 Å². The molecular formula is C14H12ClNO2. The SMILES string of the molecule is COc1ncccc1-c1ccc(C(C)=O)c(Cl)c1. The van der Waals surface area contributed by atoms with Gasteiger partial charge in [-0.3, -0.25) is 4.79 Å². The van der Waals surface area contributed by atoms with E-state index in [9.17, 15) is 4.79 Å². The van der Waals surface area contributed by atoms with Gasteiger partial charge >= 0.3 is 0 Å². The minimum atomic E-state index is -0.0512. The van der Waals surface area contributed by atoms with Gasteiger partial charge in [0.2, 0.25) is 5.88 Å². The average Bonchev–Trinajstić information content (AvgIpc) is 2.38. The maximum atomic E-state index is 11.3. The van der Waals surface area contributed by atoms with Crippen LogP contribution >= 0.6 is 11.6 Å². The number of methoxy groups -OCH3 is 1. The van der Waals surface area contributed by atoms with Crippen molar-refractivity contribution in [2.45, 2.75) is 6.92 Å². The van der Waals surface area contributed by atoms with Gasteiger partial charge in [0.05, 0.1) is 12.1 Å². The molecule has 1 aromatic heterocycles. The fraction of sp³-hybridized carbons (Fsp3) is 0.143. The Hall–Kier alpha value is -1.87. The Balaban J connectivity index is 2.52. The third-order valence-corrected chi connectivity index (χ3v) is 2.94. The standard InChI is InChI=1S/C14H12ClNO2/c1-9(17)11-6-5-10(8-13(11)15)12-4-3-7-16-14(12)18-2/h3-8H,1-2H3. The largest absolute Gasteiger partial charge is 0.481 e. The first-order valence-electron chi connectivity index (χ1n) is 5.43.